The van der Waals surface area contributed by atoms with Gasteiger partial charge in [0.2, 0.25) is 5.91 Å². The molecule has 1 aliphatic heterocycles. The van der Waals surface area contributed by atoms with Gasteiger partial charge in [0.15, 0.2) is 11.5 Å². The van der Waals surface area contributed by atoms with Crippen molar-refractivity contribution < 1.29 is 23.9 Å². The molecule has 0 bridgehead atoms. The van der Waals surface area contributed by atoms with E-state index in [9.17, 15) is 14.9 Å². The van der Waals surface area contributed by atoms with E-state index in [1.807, 2.05) is 24.3 Å². The van der Waals surface area contributed by atoms with Crippen molar-refractivity contribution in [3.05, 3.63) is 93.5 Å². The first-order valence-electron chi connectivity index (χ1n) is 10.2. The average molecular weight is 447 g/mol. The summed E-state index contributed by atoms with van der Waals surface area (Å²) in [6, 6.07) is 18.8. The van der Waals surface area contributed by atoms with E-state index in [-0.39, 0.29) is 24.6 Å². The maximum atomic E-state index is 12.3. The number of nitrogens with zero attached hydrogens (tertiary/aromatic N) is 2. The molecule has 3 aromatic carbocycles. The molecule has 0 spiro atoms. The van der Waals surface area contributed by atoms with Crippen molar-refractivity contribution in [2.45, 2.75) is 13.0 Å². The van der Waals surface area contributed by atoms with E-state index in [2.05, 4.69) is 10.5 Å². The van der Waals surface area contributed by atoms with Crippen LogP contribution in [0.3, 0.4) is 0 Å². The van der Waals surface area contributed by atoms with Crippen LogP contribution < -0.4 is 19.6 Å². The topological polar surface area (TPSA) is 112 Å². The van der Waals surface area contributed by atoms with Gasteiger partial charge >= 0.3 is 0 Å². The average Bonchev–Trinajstić information content (AvgIpc) is 2.83. The van der Waals surface area contributed by atoms with Gasteiger partial charge in [-0.3, -0.25) is 14.9 Å². The molecule has 0 radical (unpaired) electrons. The number of carbonyl (C=O) groups excluding carboxylic acids is 1. The number of nitrogens with one attached hydrogen (secondary N) is 1. The molecular weight excluding hydrogens is 426 g/mol. The van der Waals surface area contributed by atoms with Crippen molar-refractivity contribution in [2.24, 2.45) is 5.10 Å². The predicted molar refractivity (Wildman–Crippen MR) is 121 cm³/mol. The van der Waals surface area contributed by atoms with E-state index in [1.54, 1.807) is 30.3 Å². The zero-order valence-corrected chi connectivity index (χ0v) is 17.6. The second-order valence-electron chi connectivity index (χ2n) is 7.20. The molecule has 9 heteroatoms. The Morgan fingerprint density at radius 1 is 1.03 bits per heavy atom. The molecule has 0 aromatic heterocycles. The summed E-state index contributed by atoms with van der Waals surface area (Å²) in [7, 11) is 0. The molecule has 0 saturated heterocycles. The maximum absolute atomic E-state index is 12.3. The SMILES string of the molecule is O=C(Cc1ccc2c(c1)OCCO2)N/N=C/c1ccccc1OCc1ccc([N+](=O)[O-])cc1. The Kier molecular flexibility index (Phi) is 6.79. The highest BCUT2D eigenvalue weighted by Crippen LogP contribution is 2.30. The van der Waals surface area contributed by atoms with Gasteiger partial charge in [-0.1, -0.05) is 18.2 Å². The molecule has 168 valence electrons. The van der Waals surface area contributed by atoms with Gasteiger partial charge in [-0.15, -0.1) is 0 Å². The number of fused-ring (bicyclic) bond motifs is 1. The van der Waals surface area contributed by atoms with Crippen LogP contribution in [0, 0.1) is 10.1 Å². The number of nitro benzene ring substituents is 1. The lowest BCUT2D eigenvalue weighted by molar-refractivity contribution is -0.384. The Hall–Kier alpha value is -4.40. The zero-order valence-electron chi connectivity index (χ0n) is 17.6. The highest BCUT2D eigenvalue weighted by Gasteiger charge is 2.13. The third-order valence-corrected chi connectivity index (χ3v) is 4.82. The molecule has 0 aliphatic carbocycles. The fourth-order valence-corrected chi connectivity index (χ4v) is 3.19. The number of rotatable bonds is 8. The van der Waals surface area contributed by atoms with Gasteiger partial charge in [0.05, 0.1) is 17.6 Å². The first kappa shape index (κ1) is 21.8. The molecule has 1 amide bonds. The number of non-ortho nitro benzene ring substituents is 1. The van der Waals surface area contributed by atoms with Crippen LogP contribution in [-0.2, 0) is 17.8 Å². The number of benzene rings is 3. The van der Waals surface area contributed by atoms with Crippen LogP contribution in [0.2, 0.25) is 0 Å². The third kappa shape index (κ3) is 5.85. The number of hydrazone groups is 1. The molecule has 1 aliphatic rings. The summed E-state index contributed by atoms with van der Waals surface area (Å²) >= 11 is 0. The van der Waals surface area contributed by atoms with Crippen molar-refractivity contribution in [1.29, 1.82) is 0 Å². The lowest BCUT2D eigenvalue weighted by atomic mass is 10.1. The molecule has 3 aromatic rings. The number of nitro groups is 1. The van der Waals surface area contributed by atoms with Crippen LogP contribution in [0.15, 0.2) is 71.8 Å². The van der Waals surface area contributed by atoms with Crippen LogP contribution in [0.25, 0.3) is 0 Å². The van der Waals surface area contributed by atoms with Crippen LogP contribution in [0.5, 0.6) is 17.2 Å². The Bertz CT molecular complexity index is 1180. The summed E-state index contributed by atoms with van der Waals surface area (Å²) in [5.74, 6) is 1.61. The summed E-state index contributed by atoms with van der Waals surface area (Å²) in [5, 5.41) is 14.8. The molecule has 1 heterocycles. The Labute approximate surface area is 189 Å². The Balaban J connectivity index is 1.32. The molecule has 0 fully saturated rings. The van der Waals surface area contributed by atoms with E-state index in [4.69, 9.17) is 14.2 Å². The van der Waals surface area contributed by atoms with Crippen LogP contribution in [-0.4, -0.2) is 30.3 Å². The van der Waals surface area contributed by atoms with Crippen LogP contribution in [0.1, 0.15) is 16.7 Å². The monoisotopic (exact) mass is 447 g/mol. The Morgan fingerprint density at radius 2 is 1.76 bits per heavy atom. The minimum atomic E-state index is -0.446. The standard InChI is InChI=1S/C24H21N3O6/c28-24(14-18-7-10-22-23(13-18)32-12-11-31-22)26-25-15-19-3-1-2-4-21(19)33-16-17-5-8-20(9-6-17)27(29)30/h1-10,13,15H,11-12,14,16H2,(H,26,28)/b25-15+. The molecule has 33 heavy (non-hydrogen) atoms. The van der Waals surface area contributed by atoms with Crippen molar-refractivity contribution >= 4 is 17.8 Å². The normalized spacial score (nSPS) is 12.4. The lowest BCUT2D eigenvalue weighted by Gasteiger charge is -2.18. The van der Waals surface area contributed by atoms with E-state index in [0.717, 1.165) is 11.1 Å². The number of ether oxygens (including phenoxy) is 3. The summed E-state index contributed by atoms with van der Waals surface area (Å²) in [4.78, 5) is 22.6. The smallest absolute Gasteiger partial charge is 0.269 e. The van der Waals surface area contributed by atoms with E-state index in [1.165, 1.54) is 18.3 Å². The molecule has 0 unspecified atom stereocenters. The fourth-order valence-electron chi connectivity index (χ4n) is 3.19. The van der Waals surface area contributed by atoms with Crippen molar-refractivity contribution in [3.8, 4) is 17.2 Å². The maximum Gasteiger partial charge on any atom is 0.269 e. The van der Waals surface area contributed by atoms with Gasteiger partial charge in [0.1, 0.15) is 25.6 Å². The van der Waals surface area contributed by atoms with Crippen LogP contribution >= 0.6 is 0 Å². The first-order chi connectivity index (χ1) is 16.1. The van der Waals surface area contributed by atoms with Crippen molar-refractivity contribution in [1.82, 2.24) is 5.43 Å². The molecule has 0 atom stereocenters. The van der Waals surface area contributed by atoms with E-state index in [0.29, 0.717) is 36.0 Å². The number of amides is 1. The second-order valence-corrected chi connectivity index (χ2v) is 7.20. The largest absolute Gasteiger partial charge is 0.488 e. The highest BCUT2D eigenvalue weighted by atomic mass is 16.6. The van der Waals surface area contributed by atoms with Gasteiger partial charge in [0, 0.05) is 17.7 Å². The van der Waals surface area contributed by atoms with Crippen molar-refractivity contribution in [3.63, 3.8) is 0 Å². The predicted octanol–water partition coefficient (Wildman–Crippen LogP) is 3.64. The number of hydrogen-bond donors (Lipinski definition) is 1. The number of carbonyl (C=O) groups is 1. The first-order valence-corrected chi connectivity index (χ1v) is 10.2. The molecule has 0 saturated carbocycles. The minimum absolute atomic E-state index is 0.0262. The van der Waals surface area contributed by atoms with E-state index < -0.39 is 4.92 Å². The minimum Gasteiger partial charge on any atom is -0.488 e. The van der Waals surface area contributed by atoms with Gasteiger partial charge < -0.3 is 14.2 Å². The Morgan fingerprint density at radius 3 is 2.55 bits per heavy atom. The summed E-state index contributed by atoms with van der Waals surface area (Å²) in [6.07, 6.45) is 1.65. The molecule has 1 N–H and O–H groups in total. The highest BCUT2D eigenvalue weighted by molar-refractivity contribution is 5.85. The molecule has 9 nitrogen and oxygen atoms in total. The second kappa shape index (κ2) is 10.3. The van der Waals surface area contributed by atoms with Crippen LogP contribution in [0.4, 0.5) is 5.69 Å². The van der Waals surface area contributed by atoms with Gasteiger partial charge in [0.25, 0.3) is 5.69 Å². The fraction of sp³-hybridized carbons (Fsp3) is 0.167. The van der Waals surface area contributed by atoms with Gasteiger partial charge in [-0.05, 0) is 47.5 Å². The molecular formula is C24H21N3O6. The number of hydrogen-bond acceptors (Lipinski definition) is 7. The van der Waals surface area contributed by atoms with E-state index >= 15 is 0 Å². The lowest BCUT2D eigenvalue weighted by Crippen LogP contribution is -2.20. The quantitative estimate of drug-likeness (QED) is 0.321. The van der Waals surface area contributed by atoms with Gasteiger partial charge in [-0.2, -0.15) is 5.10 Å². The zero-order chi connectivity index (χ0) is 23.0. The summed E-state index contributed by atoms with van der Waals surface area (Å²) in [5.41, 5.74) is 4.80. The third-order valence-electron chi connectivity index (χ3n) is 4.82. The van der Waals surface area contributed by atoms with Crippen molar-refractivity contribution in [2.75, 3.05) is 13.2 Å². The summed E-state index contributed by atoms with van der Waals surface area (Å²) in [6.45, 7) is 1.23. The molecule has 4 rings (SSSR count). The summed E-state index contributed by atoms with van der Waals surface area (Å²) < 4.78 is 16.9. The number of para-hydroxylation sites is 1. The van der Waals surface area contributed by atoms with Gasteiger partial charge in [-0.25, -0.2) is 5.43 Å².